The molecule has 7 rings (SSSR count). The maximum absolute atomic E-state index is 15.9. The molecule has 0 amide bonds. The molecular formula is C45H48O14. The Morgan fingerprint density at radius 2 is 1.36 bits per heavy atom. The minimum atomic E-state index is -2.32. The highest BCUT2D eigenvalue weighted by molar-refractivity contribution is 5.96. The number of para-hydroxylation sites is 1. The van der Waals surface area contributed by atoms with Crippen LogP contribution in [0.3, 0.4) is 0 Å². The number of fused-ring (bicyclic) bond motifs is 5. The fraction of sp³-hybridized carbons (Fsp3) is 0.444. The minimum Gasteiger partial charge on any atom is -0.454 e. The van der Waals surface area contributed by atoms with E-state index in [0.29, 0.717) is 11.1 Å². The van der Waals surface area contributed by atoms with Gasteiger partial charge < -0.3 is 43.4 Å². The average Bonchev–Trinajstić information content (AvgIpc) is 3.20. The Balaban J connectivity index is 1.41. The number of benzene rings is 3. The molecule has 2 saturated carbocycles. The maximum Gasteiger partial charge on any atom is 0.509 e. The third kappa shape index (κ3) is 7.27. The second kappa shape index (κ2) is 15.9. The number of aliphatic hydroxyl groups is 2. The van der Waals surface area contributed by atoms with Crippen LogP contribution in [-0.4, -0.2) is 82.5 Å². The maximum atomic E-state index is 15.9. The topological polar surface area (TPSA) is 190 Å². The largest absolute Gasteiger partial charge is 0.509 e. The molecule has 0 aromatic heterocycles. The van der Waals surface area contributed by atoms with Crippen LogP contribution in [0, 0.1) is 22.7 Å². The predicted molar refractivity (Wildman–Crippen MR) is 206 cm³/mol. The highest BCUT2D eigenvalue weighted by atomic mass is 16.7. The van der Waals surface area contributed by atoms with Crippen LogP contribution in [0.2, 0.25) is 0 Å². The molecule has 2 bridgehead atoms. The zero-order valence-electron chi connectivity index (χ0n) is 33.5. The minimum absolute atomic E-state index is 0.0107. The molecule has 3 aromatic carbocycles. The van der Waals surface area contributed by atoms with Crippen molar-refractivity contribution in [3.8, 4) is 5.75 Å². The van der Waals surface area contributed by atoms with Gasteiger partial charge >= 0.3 is 24.2 Å². The van der Waals surface area contributed by atoms with Crippen molar-refractivity contribution < 1.29 is 67.3 Å². The van der Waals surface area contributed by atoms with Crippen LogP contribution in [0.25, 0.3) is 0 Å². The van der Waals surface area contributed by atoms with Gasteiger partial charge in [0.15, 0.2) is 17.5 Å². The van der Waals surface area contributed by atoms with Crippen molar-refractivity contribution >= 4 is 30.0 Å². The van der Waals surface area contributed by atoms with Crippen molar-refractivity contribution in [1.82, 2.24) is 0 Å². The van der Waals surface area contributed by atoms with E-state index in [2.05, 4.69) is 0 Å². The molecular weight excluding hydrogens is 764 g/mol. The van der Waals surface area contributed by atoms with Crippen LogP contribution in [0.4, 0.5) is 9.59 Å². The van der Waals surface area contributed by atoms with E-state index >= 15 is 9.59 Å². The molecule has 1 aliphatic heterocycles. The molecule has 2 N–H and O–H groups in total. The van der Waals surface area contributed by atoms with Gasteiger partial charge in [-0.25, -0.2) is 9.59 Å². The number of aliphatic hydroxyl groups excluding tert-OH is 1. The van der Waals surface area contributed by atoms with Crippen LogP contribution in [0.5, 0.6) is 5.75 Å². The van der Waals surface area contributed by atoms with E-state index < -0.39 is 94.7 Å². The van der Waals surface area contributed by atoms with Crippen molar-refractivity contribution in [3.63, 3.8) is 0 Å². The number of esters is 2. The normalized spacial score (nSPS) is 31.7. The Morgan fingerprint density at radius 3 is 1.88 bits per heavy atom. The van der Waals surface area contributed by atoms with E-state index in [4.69, 9.17) is 33.2 Å². The third-order valence-electron chi connectivity index (χ3n) is 12.8. The number of carbonyl (C=O) groups excluding carboxylic acids is 5. The van der Waals surface area contributed by atoms with Gasteiger partial charge in [0.2, 0.25) is 0 Å². The Bertz CT molecular complexity index is 2120. The Morgan fingerprint density at radius 1 is 0.814 bits per heavy atom. The number of Topliss-reactive ketones (excluding diaryl/α,β-unsaturated/α-hetero) is 1. The molecule has 0 spiro atoms. The van der Waals surface area contributed by atoms with Gasteiger partial charge in [-0.1, -0.05) is 92.7 Å². The monoisotopic (exact) mass is 812 g/mol. The van der Waals surface area contributed by atoms with Crippen LogP contribution in [0.15, 0.2) is 102 Å². The van der Waals surface area contributed by atoms with Crippen molar-refractivity contribution in [1.29, 1.82) is 0 Å². The number of rotatable bonds is 9. The Hall–Kier alpha value is -5.57. The summed E-state index contributed by atoms with van der Waals surface area (Å²) in [5, 5.41) is 25.2. The number of carbonyl (C=O) groups is 5. The van der Waals surface area contributed by atoms with Crippen LogP contribution >= 0.6 is 0 Å². The highest BCUT2D eigenvalue weighted by Crippen LogP contribution is 2.66. The van der Waals surface area contributed by atoms with Gasteiger partial charge in [0.25, 0.3) is 0 Å². The molecule has 1 unspecified atom stereocenters. The third-order valence-corrected chi connectivity index (χ3v) is 12.8. The van der Waals surface area contributed by atoms with Crippen LogP contribution in [-0.2, 0) is 56.0 Å². The molecule has 3 aliphatic carbocycles. The summed E-state index contributed by atoms with van der Waals surface area (Å²) >= 11 is 0. The summed E-state index contributed by atoms with van der Waals surface area (Å²) in [5.74, 6) is -5.95. The van der Waals surface area contributed by atoms with E-state index in [1.165, 1.54) is 19.1 Å². The quantitative estimate of drug-likeness (QED) is 0.114. The van der Waals surface area contributed by atoms with Gasteiger partial charge in [0, 0.05) is 31.1 Å². The van der Waals surface area contributed by atoms with E-state index in [1.807, 2.05) is 0 Å². The molecule has 1 heterocycles. The van der Waals surface area contributed by atoms with Gasteiger partial charge in [-0.3, -0.25) is 14.4 Å². The van der Waals surface area contributed by atoms with Crippen molar-refractivity contribution in [2.24, 2.45) is 22.7 Å². The zero-order chi connectivity index (χ0) is 42.3. The summed E-state index contributed by atoms with van der Waals surface area (Å²) in [4.78, 5) is 71.4. The van der Waals surface area contributed by atoms with Crippen molar-refractivity contribution in [2.75, 3.05) is 6.61 Å². The summed E-state index contributed by atoms with van der Waals surface area (Å²) in [5.41, 5.74) is -6.39. The zero-order valence-corrected chi connectivity index (χ0v) is 33.5. The van der Waals surface area contributed by atoms with E-state index in [0.717, 1.165) is 6.92 Å². The van der Waals surface area contributed by atoms with Crippen molar-refractivity contribution in [3.05, 3.63) is 113 Å². The smallest absolute Gasteiger partial charge is 0.454 e. The lowest BCUT2D eigenvalue weighted by molar-refractivity contribution is -0.337. The van der Waals surface area contributed by atoms with Gasteiger partial charge in [-0.15, -0.1) is 0 Å². The SMILES string of the molecule is CC(=O)O[C@@]12CO[C@@H]1C[C@H](OC(=O)OCc1ccccc1)[C@@]1(C)C(=O)[C@H](OC(=O)OCc3ccccc3)C3=C(C)[C@@H](O)C[C@@](O)([C@@H](C(=O)Oc4ccccc4)C12)C3(C)C. The van der Waals surface area contributed by atoms with Gasteiger partial charge in [0.1, 0.15) is 31.2 Å². The molecule has 14 nitrogen and oxygen atoms in total. The van der Waals surface area contributed by atoms with Crippen LogP contribution < -0.4 is 4.74 Å². The molecule has 3 aromatic rings. The molecule has 14 heteroatoms. The highest BCUT2D eigenvalue weighted by Gasteiger charge is 2.79. The molecule has 59 heavy (non-hydrogen) atoms. The first-order valence-electron chi connectivity index (χ1n) is 19.5. The molecule has 3 fully saturated rings. The number of ether oxygens (including phenoxy) is 7. The number of hydrogen-bond donors (Lipinski definition) is 2. The summed E-state index contributed by atoms with van der Waals surface area (Å²) in [6, 6.07) is 25.6. The van der Waals surface area contributed by atoms with Crippen LogP contribution in [0.1, 0.15) is 58.6 Å². The molecule has 9 atom stereocenters. The first-order chi connectivity index (χ1) is 28.0. The Kier molecular flexibility index (Phi) is 11.2. The summed E-state index contributed by atoms with van der Waals surface area (Å²) < 4.78 is 41.2. The average molecular weight is 813 g/mol. The predicted octanol–water partition coefficient (Wildman–Crippen LogP) is 5.80. The van der Waals surface area contributed by atoms with Gasteiger partial charge in [-0.05, 0) is 48.3 Å². The van der Waals surface area contributed by atoms with Gasteiger partial charge in [0.05, 0.1) is 29.6 Å². The van der Waals surface area contributed by atoms with Gasteiger partial charge in [-0.2, -0.15) is 0 Å². The van der Waals surface area contributed by atoms with E-state index in [-0.39, 0.29) is 43.1 Å². The second-order valence-corrected chi connectivity index (χ2v) is 16.4. The summed E-state index contributed by atoms with van der Waals surface area (Å²) in [7, 11) is 0. The summed E-state index contributed by atoms with van der Waals surface area (Å²) in [6.45, 7) is 6.57. The van der Waals surface area contributed by atoms with Crippen molar-refractivity contribution in [2.45, 2.75) is 96.3 Å². The summed E-state index contributed by atoms with van der Waals surface area (Å²) in [6.07, 6.45) is -9.01. The molecule has 1 saturated heterocycles. The van der Waals surface area contributed by atoms with E-state index in [1.54, 1.807) is 99.6 Å². The molecule has 0 radical (unpaired) electrons. The molecule has 4 aliphatic rings. The lowest BCUT2D eigenvalue weighted by atomic mass is 9.42. The molecule has 312 valence electrons. The second-order valence-electron chi connectivity index (χ2n) is 16.4. The lowest BCUT2D eigenvalue weighted by Gasteiger charge is -2.67. The lowest BCUT2D eigenvalue weighted by Crippen LogP contribution is -2.81. The first kappa shape index (κ1) is 41.6. The standard InChI is InChI=1S/C45H48O14/c1-26-31(47)22-45(52)35(39(49)56-30-19-13-8-14-20-30)37-43(5,38(48)36(34(26)42(45,3)4)58-41(51)54-24-29-17-11-7-12-18-29)32(21-33-44(37,25-55-33)59-27(2)46)57-40(50)53-23-28-15-9-6-10-16-28/h6-20,31-33,35-37,47,52H,21-25H2,1-5H3/t31-,32-,33+,35+,36+,37?,43+,44-,45+/m0/s1. The van der Waals surface area contributed by atoms with E-state index in [9.17, 15) is 24.6 Å². The number of hydrogen-bond acceptors (Lipinski definition) is 14. The number of ketones is 1. The first-order valence-corrected chi connectivity index (χ1v) is 19.5. The Labute approximate surface area is 341 Å². The fourth-order valence-electron chi connectivity index (χ4n) is 9.78. The fourth-order valence-corrected chi connectivity index (χ4v) is 9.78.